The lowest BCUT2D eigenvalue weighted by Gasteiger charge is -2.12. The molecule has 2 aromatic carbocycles. The SMILES string of the molecule is COc1ccc(C)cc1C(=O)C(Cl)c1ccccc1. The van der Waals surface area contributed by atoms with E-state index < -0.39 is 5.38 Å². The Hall–Kier alpha value is -1.80. The summed E-state index contributed by atoms with van der Waals surface area (Å²) in [4.78, 5) is 12.5. The molecular formula is C16H15ClO2. The molecule has 2 aromatic rings. The number of hydrogen-bond acceptors (Lipinski definition) is 2. The third-order valence-electron chi connectivity index (χ3n) is 2.94. The summed E-state index contributed by atoms with van der Waals surface area (Å²) < 4.78 is 5.23. The normalized spacial score (nSPS) is 11.9. The molecule has 0 amide bonds. The second-order valence-corrected chi connectivity index (χ2v) is 4.78. The van der Waals surface area contributed by atoms with Gasteiger partial charge in [0, 0.05) is 0 Å². The van der Waals surface area contributed by atoms with Crippen molar-refractivity contribution in [3.63, 3.8) is 0 Å². The minimum Gasteiger partial charge on any atom is -0.496 e. The van der Waals surface area contributed by atoms with Crippen molar-refractivity contribution >= 4 is 17.4 Å². The summed E-state index contributed by atoms with van der Waals surface area (Å²) in [5.41, 5.74) is 2.31. The number of aryl methyl sites for hydroxylation is 1. The zero-order valence-corrected chi connectivity index (χ0v) is 11.6. The minimum atomic E-state index is -0.697. The van der Waals surface area contributed by atoms with Crippen molar-refractivity contribution in [2.45, 2.75) is 12.3 Å². The standard InChI is InChI=1S/C16H15ClO2/c1-11-8-9-14(19-2)13(10-11)16(18)15(17)12-6-4-3-5-7-12/h3-10,15H,1-2H3. The maximum atomic E-state index is 12.5. The number of hydrogen-bond donors (Lipinski definition) is 0. The molecule has 3 heteroatoms. The summed E-state index contributed by atoms with van der Waals surface area (Å²) in [6.07, 6.45) is 0. The second-order valence-electron chi connectivity index (χ2n) is 4.34. The number of Topliss-reactive ketones (excluding diaryl/α,β-unsaturated/α-hetero) is 1. The molecule has 0 fully saturated rings. The van der Waals surface area contributed by atoms with Crippen LogP contribution < -0.4 is 4.74 Å². The fourth-order valence-corrected chi connectivity index (χ4v) is 2.19. The van der Waals surface area contributed by atoms with Crippen LogP contribution in [0.3, 0.4) is 0 Å². The van der Waals surface area contributed by atoms with Crippen molar-refractivity contribution in [1.82, 2.24) is 0 Å². The summed E-state index contributed by atoms with van der Waals surface area (Å²) in [5.74, 6) is 0.408. The number of ketones is 1. The molecular weight excluding hydrogens is 260 g/mol. The molecule has 0 spiro atoms. The van der Waals surface area contributed by atoms with Crippen LogP contribution in [0.1, 0.15) is 26.9 Å². The van der Waals surface area contributed by atoms with E-state index >= 15 is 0 Å². The fourth-order valence-electron chi connectivity index (χ4n) is 1.92. The van der Waals surface area contributed by atoms with E-state index in [0.717, 1.165) is 11.1 Å². The van der Waals surface area contributed by atoms with E-state index in [1.165, 1.54) is 0 Å². The molecule has 0 aliphatic heterocycles. The average Bonchev–Trinajstić information content (AvgIpc) is 2.46. The molecule has 1 atom stereocenters. The van der Waals surface area contributed by atoms with Crippen LogP contribution in [0.2, 0.25) is 0 Å². The first-order valence-corrected chi connectivity index (χ1v) is 6.45. The molecule has 0 heterocycles. The highest BCUT2D eigenvalue weighted by molar-refractivity contribution is 6.34. The fraction of sp³-hybridized carbons (Fsp3) is 0.188. The van der Waals surface area contributed by atoms with Gasteiger partial charge in [0.1, 0.15) is 11.1 Å². The summed E-state index contributed by atoms with van der Waals surface area (Å²) in [6, 6.07) is 14.8. The second kappa shape index (κ2) is 5.89. The number of halogens is 1. The average molecular weight is 275 g/mol. The third kappa shape index (κ3) is 2.96. The zero-order chi connectivity index (χ0) is 13.8. The maximum absolute atomic E-state index is 12.5. The van der Waals surface area contributed by atoms with Crippen LogP contribution in [0.25, 0.3) is 0 Å². The van der Waals surface area contributed by atoms with Crippen LogP contribution in [-0.4, -0.2) is 12.9 Å². The van der Waals surface area contributed by atoms with E-state index in [0.29, 0.717) is 11.3 Å². The molecule has 0 radical (unpaired) electrons. The van der Waals surface area contributed by atoms with Gasteiger partial charge in [-0.25, -0.2) is 0 Å². The number of carbonyl (C=O) groups excluding carboxylic acids is 1. The van der Waals surface area contributed by atoms with E-state index in [1.807, 2.05) is 43.3 Å². The van der Waals surface area contributed by atoms with Gasteiger partial charge in [-0.15, -0.1) is 11.6 Å². The van der Waals surface area contributed by atoms with Crippen LogP contribution in [-0.2, 0) is 0 Å². The van der Waals surface area contributed by atoms with Crippen molar-refractivity contribution in [2.75, 3.05) is 7.11 Å². The number of rotatable bonds is 4. The Labute approximate surface area is 118 Å². The van der Waals surface area contributed by atoms with Crippen LogP contribution >= 0.6 is 11.6 Å². The predicted octanol–water partition coefficient (Wildman–Crippen LogP) is 4.17. The van der Waals surface area contributed by atoms with Gasteiger partial charge in [-0.1, -0.05) is 42.0 Å². The molecule has 0 aliphatic rings. The van der Waals surface area contributed by atoms with Gasteiger partial charge in [-0.05, 0) is 24.6 Å². The highest BCUT2D eigenvalue weighted by atomic mass is 35.5. The first-order chi connectivity index (χ1) is 9.13. The van der Waals surface area contributed by atoms with Crippen LogP contribution in [0.5, 0.6) is 5.75 Å². The topological polar surface area (TPSA) is 26.3 Å². The van der Waals surface area contributed by atoms with Crippen molar-refractivity contribution in [2.24, 2.45) is 0 Å². The quantitative estimate of drug-likeness (QED) is 0.618. The Morgan fingerprint density at radius 2 is 1.84 bits per heavy atom. The molecule has 1 unspecified atom stereocenters. The number of ether oxygens (including phenoxy) is 1. The summed E-state index contributed by atoms with van der Waals surface area (Å²) in [5, 5.41) is -0.697. The lowest BCUT2D eigenvalue weighted by atomic mass is 10.00. The van der Waals surface area contributed by atoms with E-state index in [1.54, 1.807) is 19.2 Å². The Morgan fingerprint density at radius 3 is 2.47 bits per heavy atom. The van der Waals surface area contributed by atoms with Gasteiger partial charge in [0.2, 0.25) is 0 Å². The molecule has 0 saturated carbocycles. The molecule has 0 N–H and O–H groups in total. The molecule has 0 aliphatic carbocycles. The van der Waals surface area contributed by atoms with Crippen molar-refractivity contribution in [3.8, 4) is 5.75 Å². The zero-order valence-electron chi connectivity index (χ0n) is 10.9. The Kier molecular flexibility index (Phi) is 4.23. The smallest absolute Gasteiger partial charge is 0.188 e. The number of carbonyl (C=O) groups is 1. The lowest BCUT2D eigenvalue weighted by Crippen LogP contribution is -2.09. The molecule has 2 rings (SSSR count). The van der Waals surface area contributed by atoms with Gasteiger partial charge in [0.05, 0.1) is 12.7 Å². The molecule has 98 valence electrons. The van der Waals surface area contributed by atoms with Gasteiger partial charge in [-0.3, -0.25) is 4.79 Å². The van der Waals surface area contributed by atoms with E-state index in [4.69, 9.17) is 16.3 Å². The molecule has 0 saturated heterocycles. The number of alkyl halides is 1. The van der Waals surface area contributed by atoms with Gasteiger partial charge in [0.25, 0.3) is 0 Å². The molecule has 0 aromatic heterocycles. The first kappa shape index (κ1) is 13.6. The van der Waals surface area contributed by atoms with Crippen molar-refractivity contribution in [1.29, 1.82) is 0 Å². The van der Waals surface area contributed by atoms with E-state index in [9.17, 15) is 4.79 Å². The lowest BCUT2D eigenvalue weighted by molar-refractivity contribution is 0.0984. The van der Waals surface area contributed by atoms with Gasteiger partial charge >= 0.3 is 0 Å². The Balaban J connectivity index is 2.37. The predicted molar refractivity (Wildman–Crippen MR) is 77.1 cm³/mol. The Bertz CT molecular complexity index is 579. The highest BCUT2D eigenvalue weighted by Gasteiger charge is 2.22. The molecule has 2 nitrogen and oxygen atoms in total. The van der Waals surface area contributed by atoms with Crippen molar-refractivity contribution in [3.05, 3.63) is 65.2 Å². The maximum Gasteiger partial charge on any atom is 0.188 e. The van der Waals surface area contributed by atoms with Crippen LogP contribution in [0, 0.1) is 6.92 Å². The minimum absolute atomic E-state index is 0.145. The van der Waals surface area contributed by atoms with Gasteiger partial charge in [-0.2, -0.15) is 0 Å². The summed E-state index contributed by atoms with van der Waals surface area (Å²) >= 11 is 6.27. The monoisotopic (exact) mass is 274 g/mol. The van der Waals surface area contributed by atoms with Gasteiger partial charge in [0.15, 0.2) is 5.78 Å². The van der Waals surface area contributed by atoms with E-state index in [2.05, 4.69) is 0 Å². The largest absolute Gasteiger partial charge is 0.496 e. The van der Waals surface area contributed by atoms with Crippen molar-refractivity contribution < 1.29 is 9.53 Å². The Morgan fingerprint density at radius 1 is 1.16 bits per heavy atom. The summed E-state index contributed by atoms with van der Waals surface area (Å²) in [7, 11) is 1.55. The van der Waals surface area contributed by atoms with Crippen LogP contribution in [0.15, 0.2) is 48.5 Å². The van der Waals surface area contributed by atoms with Gasteiger partial charge < -0.3 is 4.74 Å². The molecule has 19 heavy (non-hydrogen) atoms. The highest BCUT2D eigenvalue weighted by Crippen LogP contribution is 2.29. The number of methoxy groups -OCH3 is 1. The first-order valence-electron chi connectivity index (χ1n) is 6.01. The van der Waals surface area contributed by atoms with E-state index in [-0.39, 0.29) is 5.78 Å². The van der Waals surface area contributed by atoms with Crippen LogP contribution in [0.4, 0.5) is 0 Å². The third-order valence-corrected chi connectivity index (χ3v) is 3.39. The number of benzene rings is 2. The summed E-state index contributed by atoms with van der Waals surface area (Å²) in [6.45, 7) is 1.93. The molecule has 0 bridgehead atoms.